The van der Waals surface area contributed by atoms with E-state index in [9.17, 15) is 13.2 Å². The zero-order chi connectivity index (χ0) is 15.9. The second-order valence-corrected chi connectivity index (χ2v) is 5.32. The van der Waals surface area contributed by atoms with Crippen molar-refractivity contribution in [2.75, 3.05) is 0 Å². The molecule has 4 nitrogen and oxygen atoms in total. The first-order valence-corrected chi connectivity index (χ1v) is 7.12. The van der Waals surface area contributed by atoms with Gasteiger partial charge in [0, 0.05) is 18.3 Å². The summed E-state index contributed by atoms with van der Waals surface area (Å²) in [5.41, 5.74) is -3.11. The predicted octanol–water partition coefficient (Wildman–Crippen LogP) is 3.07. The van der Waals surface area contributed by atoms with Crippen LogP contribution < -0.4 is 0 Å². The van der Waals surface area contributed by atoms with E-state index in [4.69, 9.17) is 13.0 Å². The van der Waals surface area contributed by atoms with Gasteiger partial charge in [-0.25, -0.2) is 0 Å². The summed E-state index contributed by atoms with van der Waals surface area (Å²) in [5.74, 6) is 0. The monoisotopic (exact) mass is 319 g/mol. The van der Waals surface area contributed by atoms with Crippen molar-refractivity contribution in [3.63, 3.8) is 0 Å². The molecule has 1 heterocycles. The van der Waals surface area contributed by atoms with Crippen molar-refractivity contribution < 1.29 is 26.1 Å². The van der Waals surface area contributed by atoms with Gasteiger partial charge in [-0.2, -0.15) is 21.6 Å². The van der Waals surface area contributed by atoms with E-state index in [1.165, 1.54) is 5.56 Å². The Kier molecular flexibility index (Phi) is 5.86. The third kappa shape index (κ3) is 6.37. The number of hydrogen-bond acceptors (Lipinski definition) is 3. The summed E-state index contributed by atoms with van der Waals surface area (Å²) in [6.07, 6.45) is 2.75. The molecule has 1 aromatic carbocycles. The van der Waals surface area contributed by atoms with Crippen LogP contribution in [-0.2, 0) is 16.5 Å². The van der Waals surface area contributed by atoms with Gasteiger partial charge in [-0.3, -0.25) is 9.54 Å². The number of halogens is 3. The molecule has 0 unspecified atom stereocenters. The summed E-state index contributed by atoms with van der Waals surface area (Å²) < 4.78 is 57.5. The van der Waals surface area contributed by atoms with Gasteiger partial charge in [-0.05, 0) is 17.7 Å². The maximum Gasteiger partial charge on any atom is 0.522 e. The molecule has 0 atom stereocenters. The van der Waals surface area contributed by atoms with E-state index in [0.717, 1.165) is 12.1 Å². The first-order valence-electron chi connectivity index (χ1n) is 5.68. The average molecular weight is 319 g/mol. The zero-order valence-corrected chi connectivity index (χ0v) is 11.5. The van der Waals surface area contributed by atoms with E-state index in [1.54, 1.807) is 0 Å². The highest BCUT2D eigenvalue weighted by Crippen LogP contribution is 2.20. The lowest BCUT2D eigenvalue weighted by Crippen LogP contribution is -2.21. The maximum atomic E-state index is 10.7. The summed E-state index contributed by atoms with van der Waals surface area (Å²) >= 11 is 0. The van der Waals surface area contributed by atoms with Gasteiger partial charge in [0.1, 0.15) is 0 Å². The van der Waals surface area contributed by atoms with Crippen molar-refractivity contribution in [2.24, 2.45) is 0 Å². The Morgan fingerprint density at radius 2 is 1.52 bits per heavy atom. The molecule has 0 aliphatic heterocycles. The molecule has 1 aromatic heterocycles. The number of nitrogens with zero attached hydrogens (tertiary/aromatic N) is 1. The number of pyridine rings is 1. The molecule has 114 valence electrons. The standard InChI is InChI=1S/C12H11N.CHF3O3S/c1-2-6-11(7-3-1)10-12-8-4-5-9-13-12;2-1(3,4)8(5,6)7/h1-9H,10H2;(H,5,6,7). The van der Waals surface area contributed by atoms with Crippen molar-refractivity contribution in [1.82, 2.24) is 4.98 Å². The average Bonchev–Trinajstić information content (AvgIpc) is 2.39. The van der Waals surface area contributed by atoms with Crippen LogP contribution in [0.2, 0.25) is 0 Å². The van der Waals surface area contributed by atoms with Crippen molar-refractivity contribution >= 4 is 10.1 Å². The number of hydrogen-bond donors (Lipinski definition) is 1. The number of aromatic nitrogens is 1. The molecule has 0 bridgehead atoms. The van der Waals surface area contributed by atoms with Gasteiger partial charge in [-0.1, -0.05) is 36.4 Å². The highest BCUT2D eigenvalue weighted by atomic mass is 32.2. The van der Waals surface area contributed by atoms with Gasteiger partial charge < -0.3 is 0 Å². The minimum absolute atomic E-state index is 0.918. The van der Waals surface area contributed by atoms with Crippen LogP contribution in [0.4, 0.5) is 13.2 Å². The van der Waals surface area contributed by atoms with Gasteiger partial charge in [0.05, 0.1) is 0 Å². The predicted molar refractivity (Wildman–Crippen MR) is 71.1 cm³/mol. The fourth-order valence-corrected chi connectivity index (χ4v) is 1.31. The second-order valence-electron chi connectivity index (χ2n) is 3.90. The van der Waals surface area contributed by atoms with Gasteiger partial charge >= 0.3 is 15.6 Å². The summed E-state index contributed by atoms with van der Waals surface area (Å²) in [6, 6.07) is 16.4. The smallest absolute Gasteiger partial charge is 0.279 e. The lowest BCUT2D eigenvalue weighted by atomic mass is 10.1. The fraction of sp³-hybridized carbons (Fsp3) is 0.154. The van der Waals surface area contributed by atoms with Crippen molar-refractivity contribution in [3.8, 4) is 0 Å². The second kappa shape index (κ2) is 7.19. The Hall–Kier alpha value is -1.93. The molecule has 0 saturated heterocycles. The molecule has 2 aromatic rings. The summed E-state index contributed by atoms with van der Waals surface area (Å²) in [4.78, 5) is 4.27. The third-order valence-corrected chi connectivity index (χ3v) is 2.83. The minimum atomic E-state index is -5.84. The van der Waals surface area contributed by atoms with E-state index in [-0.39, 0.29) is 0 Å². The SMILES string of the molecule is O=S(=O)(O)C(F)(F)F.c1ccc(Cc2ccccn2)cc1. The van der Waals surface area contributed by atoms with Crippen molar-refractivity contribution in [2.45, 2.75) is 11.9 Å². The minimum Gasteiger partial charge on any atom is -0.279 e. The Morgan fingerprint density at radius 3 is 1.95 bits per heavy atom. The van der Waals surface area contributed by atoms with E-state index in [0.29, 0.717) is 0 Å². The van der Waals surface area contributed by atoms with Crippen LogP contribution in [0.25, 0.3) is 0 Å². The molecule has 8 heteroatoms. The highest BCUT2D eigenvalue weighted by Gasteiger charge is 2.44. The van der Waals surface area contributed by atoms with Crippen molar-refractivity contribution in [3.05, 3.63) is 66.0 Å². The van der Waals surface area contributed by atoms with E-state index >= 15 is 0 Å². The zero-order valence-electron chi connectivity index (χ0n) is 10.7. The fourth-order valence-electron chi connectivity index (χ4n) is 1.31. The van der Waals surface area contributed by atoms with E-state index in [2.05, 4.69) is 29.2 Å². The lowest BCUT2D eigenvalue weighted by Gasteiger charge is -1.99. The van der Waals surface area contributed by atoms with Crippen LogP contribution in [0.5, 0.6) is 0 Å². The highest BCUT2D eigenvalue weighted by molar-refractivity contribution is 7.86. The molecule has 0 fully saturated rings. The van der Waals surface area contributed by atoms with Crippen LogP contribution >= 0.6 is 0 Å². The molecular formula is C13H12F3NO3S. The molecule has 0 saturated carbocycles. The third-order valence-electron chi connectivity index (χ3n) is 2.25. The summed E-state index contributed by atoms with van der Waals surface area (Å²) in [7, 11) is -5.84. The number of alkyl halides is 3. The molecule has 21 heavy (non-hydrogen) atoms. The maximum absolute atomic E-state index is 10.7. The normalized spacial score (nSPS) is 11.4. The topological polar surface area (TPSA) is 67.3 Å². The van der Waals surface area contributed by atoms with Gasteiger partial charge in [0.25, 0.3) is 0 Å². The number of rotatable bonds is 2. The molecule has 1 N–H and O–H groups in total. The molecule has 0 aliphatic carbocycles. The van der Waals surface area contributed by atoms with Crippen LogP contribution in [0.3, 0.4) is 0 Å². The molecule has 0 amide bonds. The summed E-state index contributed by atoms with van der Waals surface area (Å²) in [6.45, 7) is 0. The molecule has 0 spiro atoms. The molecule has 0 radical (unpaired) electrons. The van der Waals surface area contributed by atoms with Crippen LogP contribution in [0.1, 0.15) is 11.3 Å². The van der Waals surface area contributed by atoms with E-state index in [1.807, 2.05) is 30.5 Å². The van der Waals surface area contributed by atoms with E-state index < -0.39 is 15.6 Å². The quantitative estimate of drug-likeness (QED) is 0.682. The largest absolute Gasteiger partial charge is 0.522 e. The summed E-state index contributed by atoms with van der Waals surface area (Å²) in [5, 5.41) is 0. The number of benzene rings is 1. The van der Waals surface area contributed by atoms with Gasteiger partial charge in [0.2, 0.25) is 0 Å². The Bertz CT molecular complexity index is 606. The van der Waals surface area contributed by atoms with Crippen LogP contribution in [0.15, 0.2) is 54.7 Å². The van der Waals surface area contributed by atoms with Crippen molar-refractivity contribution in [1.29, 1.82) is 0 Å². The first-order chi connectivity index (χ1) is 9.70. The van der Waals surface area contributed by atoms with Gasteiger partial charge in [0.15, 0.2) is 0 Å². The molecule has 2 rings (SSSR count). The first kappa shape index (κ1) is 17.1. The van der Waals surface area contributed by atoms with Crippen LogP contribution in [0, 0.1) is 0 Å². The molecular weight excluding hydrogens is 307 g/mol. The molecule has 0 aliphatic rings. The lowest BCUT2D eigenvalue weighted by molar-refractivity contribution is -0.0510. The van der Waals surface area contributed by atoms with Gasteiger partial charge in [-0.15, -0.1) is 0 Å². The van der Waals surface area contributed by atoms with Crippen LogP contribution in [-0.4, -0.2) is 23.5 Å². The Morgan fingerprint density at radius 1 is 1.00 bits per heavy atom. The Labute approximate surface area is 120 Å². The Balaban J connectivity index is 0.000000240.